The second kappa shape index (κ2) is 4.86. The Kier molecular flexibility index (Phi) is 3.75. The van der Waals surface area contributed by atoms with Crippen molar-refractivity contribution in [3.63, 3.8) is 0 Å². The lowest BCUT2D eigenvalue weighted by Gasteiger charge is -2.06. The molecule has 0 aromatic heterocycles. The van der Waals surface area contributed by atoms with Crippen molar-refractivity contribution in [3.05, 3.63) is 24.3 Å². The summed E-state index contributed by atoms with van der Waals surface area (Å²) < 4.78 is 4.47. The summed E-state index contributed by atoms with van der Waals surface area (Å²) in [6.45, 7) is 0. The number of hydrogen-bond donors (Lipinski definition) is 3. The molecule has 4 N–H and O–H groups in total. The molecule has 0 aliphatic heterocycles. The van der Waals surface area contributed by atoms with Gasteiger partial charge in [-0.3, -0.25) is 0 Å². The highest BCUT2D eigenvalue weighted by Crippen LogP contribution is 2.16. The van der Waals surface area contributed by atoms with E-state index in [9.17, 15) is 0 Å². The van der Waals surface area contributed by atoms with E-state index < -0.39 is 0 Å². The highest BCUT2D eigenvalue weighted by molar-refractivity contribution is 7.80. The lowest BCUT2D eigenvalue weighted by Crippen LogP contribution is -2.34. The van der Waals surface area contributed by atoms with Gasteiger partial charge in [0.2, 0.25) is 0 Å². The molecule has 0 radical (unpaired) electrons. The Balaban J connectivity index is 2.64. The first-order valence-electron chi connectivity index (χ1n) is 3.42. The minimum atomic E-state index is 0.347. The molecule has 0 saturated heterocycles. The third-order valence-corrected chi connectivity index (χ3v) is 1.73. The number of halogens is 1. The second-order valence-corrected chi connectivity index (χ2v) is 2.76. The van der Waals surface area contributed by atoms with Crippen molar-refractivity contribution in [1.82, 2.24) is 5.43 Å². The number of hydrogen-bond acceptors (Lipinski definition) is 3. The average Bonchev–Trinajstić information content (AvgIpc) is 2.19. The summed E-state index contributed by atoms with van der Waals surface area (Å²) in [5.74, 6) is 5.64. The van der Waals surface area contributed by atoms with E-state index in [1.165, 1.54) is 0 Å². The van der Waals surface area contributed by atoms with Gasteiger partial charge in [-0.05, 0) is 36.5 Å². The summed E-state index contributed by atoms with van der Waals surface area (Å²) in [5.41, 5.74) is 3.11. The van der Waals surface area contributed by atoms with Crippen molar-refractivity contribution in [3.8, 4) is 5.75 Å². The molecule has 4 nitrogen and oxygen atoms in total. The van der Waals surface area contributed by atoms with Crippen molar-refractivity contribution < 1.29 is 4.29 Å². The van der Waals surface area contributed by atoms with E-state index in [0.29, 0.717) is 10.9 Å². The number of anilines is 1. The quantitative estimate of drug-likeness (QED) is 0.397. The zero-order valence-electron chi connectivity index (χ0n) is 6.58. The van der Waals surface area contributed by atoms with Gasteiger partial charge in [0.1, 0.15) is 17.6 Å². The summed E-state index contributed by atoms with van der Waals surface area (Å²) in [6.07, 6.45) is 0. The molecule has 13 heavy (non-hydrogen) atoms. The molecule has 0 atom stereocenters. The molecule has 0 bridgehead atoms. The standard InChI is InChI=1S/C7H8ClN3OS/c8-12-6-3-1-5(2-4-6)10-7(13)11-9/h1-4H,9H2,(H2,10,11,13). The van der Waals surface area contributed by atoms with Gasteiger partial charge in [0.15, 0.2) is 5.11 Å². The van der Waals surface area contributed by atoms with Gasteiger partial charge in [-0.2, -0.15) is 0 Å². The van der Waals surface area contributed by atoms with Crippen LogP contribution in [0, 0.1) is 0 Å². The molecule has 0 aliphatic carbocycles. The first kappa shape index (κ1) is 10.0. The molecular weight excluding hydrogens is 210 g/mol. The third kappa shape index (κ3) is 3.06. The SMILES string of the molecule is NNC(=S)Nc1ccc(OCl)cc1. The molecule has 1 rings (SSSR count). The van der Waals surface area contributed by atoms with Crippen molar-refractivity contribution in [2.75, 3.05) is 5.32 Å². The van der Waals surface area contributed by atoms with Crippen LogP contribution in [-0.2, 0) is 0 Å². The summed E-state index contributed by atoms with van der Waals surface area (Å²) in [4.78, 5) is 0. The zero-order valence-corrected chi connectivity index (χ0v) is 8.15. The molecule has 0 fully saturated rings. The van der Waals surface area contributed by atoms with Crippen LogP contribution in [0.2, 0.25) is 0 Å². The van der Waals surface area contributed by atoms with Crippen molar-refractivity contribution in [2.24, 2.45) is 5.84 Å². The molecule has 0 heterocycles. The largest absolute Gasteiger partial charge is 0.386 e. The Hall–Kier alpha value is -1.04. The first-order chi connectivity index (χ1) is 6.26. The first-order valence-corrected chi connectivity index (χ1v) is 4.14. The highest BCUT2D eigenvalue weighted by Gasteiger charge is 1.95. The Morgan fingerprint density at radius 1 is 1.38 bits per heavy atom. The molecule has 1 aromatic rings. The highest BCUT2D eigenvalue weighted by atomic mass is 35.5. The maximum atomic E-state index is 5.13. The van der Waals surface area contributed by atoms with Crippen LogP contribution < -0.4 is 20.9 Å². The van der Waals surface area contributed by atoms with E-state index in [1.807, 2.05) is 0 Å². The predicted octanol–water partition coefficient (Wildman–Crippen LogP) is 1.38. The van der Waals surface area contributed by atoms with Crippen molar-refractivity contribution >= 4 is 34.9 Å². The second-order valence-electron chi connectivity index (χ2n) is 2.20. The fraction of sp³-hybridized carbons (Fsp3) is 0. The number of nitrogens with two attached hydrogens (primary N) is 1. The Morgan fingerprint density at radius 2 is 2.00 bits per heavy atom. The minimum absolute atomic E-state index is 0.347. The van der Waals surface area contributed by atoms with E-state index >= 15 is 0 Å². The van der Waals surface area contributed by atoms with E-state index in [2.05, 4.69) is 15.0 Å². The number of thiocarbonyl (C=S) groups is 1. The van der Waals surface area contributed by atoms with Gasteiger partial charge in [0.05, 0.1) is 0 Å². The summed E-state index contributed by atoms with van der Waals surface area (Å²) in [5, 5.41) is 3.19. The van der Waals surface area contributed by atoms with Crippen LogP contribution in [0.15, 0.2) is 24.3 Å². The maximum absolute atomic E-state index is 5.13. The topological polar surface area (TPSA) is 59.3 Å². The smallest absolute Gasteiger partial charge is 0.185 e. The van der Waals surface area contributed by atoms with E-state index in [0.717, 1.165) is 5.69 Å². The van der Waals surface area contributed by atoms with Gasteiger partial charge in [-0.15, -0.1) is 0 Å². The van der Waals surface area contributed by atoms with Crippen molar-refractivity contribution in [1.29, 1.82) is 0 Å². The van der Waals surface area contributed by atoms with Crippen LogP contribution >= 0.6 is 24.1 Å². The molecule has 6 heteroatoms. The molecule has 0 saturated carbocycles. The monoisotopic (exact) mass is 217 g/mol. The molecule has 0 unspecified atom stereocenters. The number of rotatable bonds is 2. The maximum Gasteiger partial charge on any atom is 0.185 e. The lowest BCUT2D eigenvalue weighted by atomic mass is 10.3. The molecular formula is C7H8ClN3OS. The van der Waals surface area contributed by atoms with Gasteiger partial charge in [0, 0.05) is 5.69 Å². The number of nitrogens with one attached hydrogen (secondary N) is 2. The van der Waals surface area contributed by atoms with Crippen LogP contribution in [-0.4, -0.2) is 5.11 Å². The van der Waals surface area contributed by atoms with E-state index in [4.69, 9.17) is 29.9 Å². The number of hydrazine groups is 1. The van der Waals surface area contributed by atoms with Crippen LogP contribution in [0.25, 0.3) is 0 Å². The van der Waals surface area contributed by atoms with Gasteiger partial charge < -0.3 is 15.0 Å². The Morgan fingerprint density at radius 3 is 2.46 bits per heavy atom. The number of benzene rings is 1. The average molecular weight is 218 g/mol. The lowest BCUT2D eigenvalue weighted by molar-refractivity contribution is 0.619. The Labute approximate surface area is 86.2 Å². The van der Waals surface area contributed by atoms with Crippen LogP contribution in [0.4, 0.5) is 5.69 Å². The van der Waals surface area contributed by atoms with Crippen molar-refractivity contribution in [2.45, 2.75) is 0 Å². The van der Waals surface area contributed by atoms with Gasteiger partial charge in [-0.1, -0.05) is 0 Å². The van der Waals surface area contributed by atoms with Gasteiger partial charge in [-0.25, -0.2) is 5.84 Å². The van der Waals surface area contributed by atoms with E-state index in [-0.39, 0.29) is 0 Å². The van der Waals surface area contributed by atoms with Crippen LogP contribution in [0.1, 0.15) is 0 Å². The van der Waals surface area contributed by atoms with Crippen LogP contribution in [0.5, 0.6) is 5.75 Å². The zero-order chi connectivity index (χ0) is 9.68. The molecule has 0 amide bonds. The molecule has 0 spiro atoms. The molecule has 70 valence electrons. The molecule has 0 aliphatic rings. The fourth-order valence-electron chi connectivity index (χ4n) is 0.757. The summed E-state index contributed by atoms with van der Waals surface area (Å²) in [7, 11) is 0. The predicted molar refractivity (Wildman–Crippen MR) is 56.5 cm³/mol. The normalized spacial score (nSPS) is 9.08. The van der Waals surface area contributed by atoms with Gasteiger partial charge >= 0.3 is 0 Å². The minimum Gasteiger partial charge on any atom is -0.386 e. The van der Waals surface area contributed by atoms with Crippen LogP contribution in [0.3, 0.4) is 0 Å². The summed E-state index contributed by atoms with van der Waals surface area (Å²) in [6, 6.07) is 6.94. The Bertz CT molecular complexity index is 290. The van der Waals surface area contributed by atoms with E-state index in [1.54, 1.807) is 24.3 Å². The third-order valence-electron chi connectivity index (χ3n) is 1.33. The van der Waals surface area contributed by atoms with Gasteiger partial charge in [0.25, 0.3) is 0 Å². The summed E-state index contributed by atoms with van der Waals surface area (Å²) >= 11 is 9.93. The molecule has 1 aromatic carbocycles. The fourth-order valence-corrected chi connectivity index (χ4v) is 0.978.